The van der Waals surface area contributed by atoms with E-state index in [1.807, 2.05) is 29.9 Å². The first-order chi connectivity index (χ1) is 9.71. The lowest BCUT2D eigenvalue weighted by molar-refractivity contribution is 0.119. The molecule has 2 aromatic heterocycles. The summed E-state index contributed by atoms with van der Waals surface area (Å²) in [6.45, 7) is 2.90. The van der Waals surface area contributed by atoms with Gasteiger partial charge in [-0.15, -0.1) is 0 Å². The molecule has 0 atom stereocenters. The maximum Gasteiger partial charge on any atom is 0.155 e. The van der Waals surface area contributed by atoms with Gasteiger partial charge in [-0.25, -0.2) is 9.50 Å². The first-order valence-electron chi connectivity index (χ1n) is 7.38. The molecule has 108 valence electrons. The van der Waals surface area contributed by atoms with Gasteiger partial charge in [-0.3, -0.25) is 0 Å². The molecule has 1 saturated carbocycles. The third-order valence-corrected chi connectivity index (χ3v) is 4.27. The minimum atomic E-state index is -0.104. The fourth-order valence-electron chi connectivity index (χ4n) is 3.03. The Hall–Kier alpha value is -1.46. The van der Waals surface area contributed by atoms with Gasteiger partial charge >= 0.3 is 0 Å². The van der Waals surface area contributed by atoms with E-state index in [-0.39, 0.29) is 12.1 Å². The Morgan fingerprint density at radius 1 is 1.35 bits per heavy atom. The molecule has 0 spiro atoms. The van der Waals surface area contributed by atoms with E-state index in [1.54, 1.807) is 0 Å². The van der Waals surface area contributed by atoms with E-state index in [0.717, 1.165) is 36.3 Å². The quantitative estimate of drug-likeness (QED) is 0.893. The highest BCUT2D eigenvalue weighted by molar-refractivity contribution is 5.38. The Morgan fingerprint density at radius 3 is 2.90 bits per heavy atom. The molecule has 2 heterocycles. The minimum absolute atomic E-state index is 0.104. The smallest absolute Gasteiger partial charge is 0.155 e. The van der Waals surface area contributed by atoms with Crippen LogP contribution in [0.25, 0.3) is 5.65 Å². The van der Waals surface area contributed by atoms with Gasteiger partial charge in [0, 0.05) is 36.1 Å². The number of aliphatic hydroxyl groups excluding tert-OH is 1. The van der Waals surface area contributed by atoms with Crippen molar-refractivity contribution < 1.29 is 5.11 Å². The summed E-state index contributed by atoms with van der Waals surface area (Å²) in [4.78, 5) is 4.41. The van der Waals surface area contributed by atoms with E-state index in [1.165, 1.54) is 19.3 Å². The van der Waals surface area contributed by atoms with E-state index in [9.17, 15) is 5.11 Å². The molecule has 2 N–H and O–H groups in total. The maximum absolute atomic E-state index is 9.70. The van der Waals surface area contributed by atoms with E-state index in [4.69, 9.17) is 0 Å². The highest BCUT2D eigenvalue weighted by Gasteiger charge is 2.30. The van der Waals surface area contributed by atoms with Crippen LogP contribution in [0.3, 0.4) is 0 Å². The average Bonchev–Trinajstić information content (AvgIpc) is 2.85. The van der Waals surface area contributed by atoms with Gasteiger partial charge in [0.25, 0.3) is 0 Å². The monoisotopic (exact) mass is 274 g/mol. The van der Waals surface area contributed by atoms with Crippen LogP contribution in [0.15, 0.2) is 18.5 Å². The zero-order valence-corrected chi connectivity index (χ0v) is 12.0. The van der Waals surface area contributed by atoms with Gasteiger partial charge in [0.15, 0.2) is 5.65 Å². The van der Waals surface area contributed by atoms with Crippen LogP contribution in [0.5, 0.6) is 0 Å². The van der Waals surface area contributed by atoms with Crippen molar-refractivity contribution in [3.05, 3.63) is 29.7 Å². The number of hydrogen-bond donors (Lipinski definition) is 2. The molecule has 0 bridgehead atoms. The number of hydrogen-bond acceptors (Lipinski definition) is 4. The summed E-state index contributed by atoms with van der Waals surface area (Å²) in [5.41, 5.74) is 2.84. The van der Waals surface area contributed by atoms with Gasteiger partial charge < -0.3 is 10.4 Å². The van der Waals surface area contributed by atoms with Crippen LogP contribution < -0.4 is 5.32 Å². The molecule has 1 aliphatic rings. The maximum atomic E-state index is 9.70. The number of aliphatic hydroxyl groups is 1. The van der Waals surface area contributed by atoms with Crippen molar-refractivity contribution in [3.63, 3.8) is 0 Å². The largest absolute Gasteiger partial charge is 0.394 e. The Morgan fingerprint density at radius 2 is 2.15 bits per heavy atom. The third-order valence-electron chi connectivity index (χ3n) is 4.27. The summed E-state index contributed by atoms with van der Waals surface area (Å²) in [7, 11) is 0. The fraction of sp³-hybridized carbons (Fsp3) is 0.600. The van der Waals surface area contributed by atoms with Gasteiger partial charge in [0.1, 0.15) is 0 Å². The third kappa shape index (κ3) is 2.69. The van der Waals surface area contributed by atoms with Crippen molar-refractivity contribution in [2.45, 2.75) is 51.1 Å². The number of nitrogens with zero attached hydrogens (tertiary/aromatic N) is 3. The molecule has 0 amide bonds. The van der Waals surface area contributed by atoms with Crippen LogP contribution >= 0.6 is 0 Å². The zero-order valence-electron chi connectivity index (χ0n) is 12.0. The van der Waals surface area contributed by atoms with E-state index in [0.29, 0.717) is 0 Å². The molecule has 0 unspecified atom stereocenters. The van der Waals surface area contributed by atoms with E-state index >= 15 is 0 Å². The lowest BCUT2D eigenvalue weighted by Gasteiger charge is -2.36. The van der Waals surface area contributed by atoms with Crippen LogP contribution in [0.4, 0.5) is 0 Å². The molecule has 0 radical (unpaired) electrons. The van der Waals surface area contributed by atoms with Crippen LogP contribution in [-0.2, 0) is 6.54 Å². The van der Waals surface area contributed by atoms with Crippen molar-refractivity contribution in [1.29, 1.82) is 0 Å². The number of fused-ring (bicyclic) bond motifs is 1. The molecule has 20 heavy (non-hydrogen) atoms. The number of nitrogens with one attached hydrogen (secondary N) is 1. The highest BCUT2D eigenvalue weighted by Crippen LogP contribution is 2.28. The predicted molar refractivity (Wildman–Crippen MR) is 77.5 cm³/mol. The van der Waals surface area contributed by atoms with Gasteiger partial charge in [-0.2, -0.15) is 5.10 Å². The molecule has 3 rings (SSSR count). The normalized spacial score (nSPS) is 18.5. The molecule has 0 saturated heterocycles. The summed E-state index contributed by atoms with van der Waals surface area (Å²) < 4.78 is 1.82. The number of rotatable bonds is 4. The summed E-state index contributed by atoms with van der Waals surface area (Å²) in [5, 5.41) is 17.6. The van der Waals surface area contributed by atoms with Crippen molar-refractivity contribution in [2.24, 2.45) is 0 Å². The second-order valence-corrected chi connectivity index (χ2v) is 5.90. The average molecular weight is 274 g/mol. The van der Waals surface area contributed by atoms with Crippen LogP contribution in [0, 0.1) is 6.92 Å². The minimum Gasteiger partial charge on any atom is -0.394 e. The summed E-state index contributed by atoms with van der Waals surface area (Å²) in [5.74, 6) is 0. The lowest BCUT2D eigenvalue weighted by Crippen LogP contribution is -2.49. The first kappa shape index (κ1) is 13.5. The Balaban J connectivity index is 1.72. The van der Waals surface area contributed by atoms with E-state index < -0.39 is 0 Å². The van der Waals surface area contributed by atoms with Gasteiger partial charge in [-0.1, -0.05) is 19.3 Å². The first-order valence-corrected chi connectivity index (χ1v) is 7.38. The summed E-state index contributed by atoms with van der Waals surface area (Å²) >= 11 is 0. The summed E-state index contributed by atoms with van der Waals surface area (Å²) in [6, 6.07) is 1.97. The Bertz CT molecular complexity index is 587. The topological polar surface area (TPSA) is 62.5 Å². The molecule has 2 aromatic rings. The standard InChI is InChI=1S/C15H22N4O/c1-12-7-14-16-8-13(10-19(14)18-12)9-17-15(11-20)5-3-2-4-6-15/h7-8,10,17,20H,2-6,9,11H2,1H3. The van der Waals surface area contributed by atoms with Crippen molar-refractivity contribution in [2.75, 3.05) is 6.61 Å². The van der Waals surface area contributed by atoms with Crippen molar-refractivity contribution in [3.8, 4) is 0 Å². The number of aryl methyl sites for hydroxylation is 1. The van der Waals surface area contributed by atoms with Gasteiger partial charge in [0.2, 0.25) is 0 Å². The highest BCUT2D eigenvalue weighted by atomic mass is 16.3. The van der Waals surface area contributed by atoms with E-state index in [2.05, 4.69) is 15.4 Å². The van der Waals surface area contributed by atoms with Gasteiger partial charge in [0.05, 0.1) is 12.3 Å². The van der Waals surface area contributed by atoms with Crippen LogP contribution in [0.1, 0.15) is 43.4 Å². The molecular formula is C15H22N4O. The summed E-state index contributed by atoms with van der Waals surface area (Å²) in [6.07, 6.45) is 9.68. The fourth-order valence-corrected chi connectivity index (χ4v) is 3.03. The van der Waals surface area contributed by atoms with Gasteiger partial charge in [-0.05, 0) is 19.8 Å². The lowest BCUT2D eigenvalue weighted by atomic mass is 9.82. The van der Waals surface area contributed by atoms with Crippen molar-refractivity contribution >= 4 is 5.65 Å². The van der Waals surface area contributed by atoms with Crippen molar-refractivity contribution in [1.82, 2.24) is 19.9 Å². The molecule has 1 fully saturated rings. The molecule has 0 aliphatic heterocycles. The second-order valence-electron chi connectivity index (χ2n) is 5.90. The Labute approximate surface area is 119 Å². The molecular weight excluding hydrogens is 252 g/mol. The Kier molecular flexibility index (Phi) is 3.72. The number of aromatic nitrogens is 3. The SMILES string of the molecule is Cc1cc2ncc(CNC3(CO)CCCCC3)cn2n1. The predicted octanol–water partition coefficient (Wildman–Crippen LogP) is 1.82. The second kappa shape index (κ2) is 5.50. The van der Waals surface area contributed by atoms with Crippen LogP contribution in [-0.4, -0.2) is 31.9 Å². The molecule has 1 aliphatic carbocycles. The van der Waals surface area contributed by atoms with Crippen LogP contribution in [0.2, 0.25) is 0 Å². The molecule has 5 nitrogen and oxygen atoms in total. The zero-order chi connectivity index (χ0) is 14.0. The molecule has 0 aromatic carbocycles. The molecule has 5 heteroatoms.